The van der Waals surface area contributed by atoms with Crippen molar-refractivity contribution >= 4 is 0 Å². The fourth-order valence-corrected chi connectivity index (χ4v) is 2.32. The van der Waals surface area contributed by atoms with Crippen LogP contribution < -0.4 is 0 Å². The van der Waals surface area contributed by atoms with Crippen LogP contribution in [-0.2, 0) is 0 Å². The maximum absolute atomic E-state index is 9.75. The summed E-state index contributed by atoms with van der Waals surface area (Å²) in [6, 6.07) is 2.37. The van der Waals surface area contributed by atoms with Gasteiger partial charge in [-0.05, 0) is 32.1 Å². The van der Waals surface area contributed by atoms with Crippen LogP contribution in [-0.4, -0.2) is 11.2 Å². The summed E-state index contributed by atoms with van der Waals surface area (Å²) in [4.78, 5) is 0. The van der Waals surface area contributed by atoms with E-state index in [-0.39, 0.29) is 17.4 Å². The zero-order chi connectivity index (χ0) is 10.1. The van der Waals surface area contributed by atoms with E-state index in [9.17, 15) is 5.11 Å². The quantitative estimate of drug-likeness (QED) is 0.710. The first-order valence-electron chi connectivity index (χ1n) is 5.09. The molecule has 3 unspecified atom stereocenters. The highest BCUT2D eigenvalue weighted by Crippen LogP contribution is 2.45. The second kappa shape index (κ2) is 3.67. The minimum atomic E-state index is -0.288. The van der Waals surface area contributed by atoms with Crippen molar-refractivity contribution in [1.82, 2.24) is 0 Å². The molecule has 0 spiro atoms. The second-order valence-corrected chi connectivity index (χ2v) is 4.87. The second-order valence-electron chi connectivity index (χ2n) is 4.87. The lowest BCUT2D eigenvalue weighted by molar-refractivity contribution is 0.0902. The summed E-state index contributed by atoms with van der Waals surface area (Å²) in [6.45, 7) is 6.27. The van der Waals surface area contributed by atoms with Crippen molar-refractivity contribution in [3.05, 3.63) is 0 Å². The Labute approximate surface area is 80.6 Å². The van der Waals surface area contributed by atoms with Crippen LogP contribution in [0.25, 0.3) is 0 Å². The lowest BCUT2D eigenvalue weighted by Gasteiger charge is -2.27. The van der Waals surface area contributed by atoms with E-state index in [1.54, 1.807) is 0 Å². The summed E-state index contributed by atoms with van der Waals surface area (Å²) in [5, 5.41) is 18.8. The Hall–Kier alpha value is -0.550. The molecule has 2 nitrogen and oxygen atoms in total. The van der Waals surface area contributed by atoms with Crippen molar-refractivity contribution in [2.45, 2.75) is 46.1 Å². The number of hydrogen-bond donors (Lipinski definition) is 1. The molecular weight excluding hydrogens is 162 g/mol. The van der Waals surface area contributed by atoms with Crippen LogP contribution in [0.4, 0.5) is 0 Å². The third kappa shape index (κ3) is 2.03. The molecule has 0 bridgehead atoms. The van der Waals surface area contributed by atoms with Gasteiger partial charge in [-0.25, -0.2) is 0 Å². The van der Waals surface area contributed by atoms with E-state index in [4.69, 9.17) is 5.26 Å². The predicted octanol–water partition coefficient (Wildman–Crippen LogP) is 2.33. The van der Waals surface area contributed by atoms with E-state index in [1.807, 2.05) is 6.92 Å². The van der Waals surface area contributed by atoms with Crippen molar-refractivity contribution < 1.29 is 5.11 Å². The fourth-order valence-electron chi connectivity index (χ4n) is 2.32. The highest BCUT2D eigenvalue weighted by Gasteiger charge is 2.44. The zero-order valence-corrected chi connectivity index (χ0v) is 8.75. The molecule has 1 rings (SSSR count). The van der Waals surface area contributed by atoms with Gasteiger partial charge in [0.25, 0.3) is 0 Å². The highest BCUT2D eigenvalue weighted by atomic mass is 16.3. The topological polar surface area (TPSA) is 44.0 Å². The largest absolute Gasteiger partial charge is 0.393 e. The first-order chi connectivity index (χ1) is 5.99. The molecule has 0 amide bonds. The molecule has 1 saturated carbocycles. The van der Waals surface area contributed by atoms with Gasteiger partial charge in [0.05, 0.1) is 17.6 Å². The van der Waals surface area contributed by atoms with Crippen LogP contribution in [0.2, 0.25) is 0 Å². The maximum Gasteiger partial charge on any atom is 0.0690 e. The normalized spacial score (nSPS) is 39.4. The molecule has 2 heteroatoms. The molecule has 3 atom stereocenters. The van der Waals surface area contributed by atoms with Crippen molar-refractivity contribution in [2.24, 2.45) is 17.3 Å². The fraction of sp³-hybridized carbons (Fsp3) is 0.909. The first-order valence-corrected chi connectivity index (χ1v) is 5.09. The molecule has 1 N–H and O–H groups in total. The molecule has 74 valence electrons. The summed E-state index contributed by atoms with van der Waals surface area (Å²) in [6.07, 6.45) is 2.35. The molecule has 0 heterocycles. The minimum Gasteiger partial charge on any atom is -0.393 e. The average Bonchev–Trinajstić information content (AvgIpc) is 2.33. The Kier molecular flexibility index (Phi) is 2.98. The van der Waals surface area contributed by atoms with Crippen LogP contribution in [0, 0.1) is 28.6 Å². The Morgan fingerprint density at radius 1 is 1.62 bits per heavy atom. The van der Waals surface area contributed by atoms with Gasteiger partial charge < -0.3 is 5.11 Å². The van der Waals surface area contributed by atoms with Gasteiger partial charge in [0.15, 0.2) is 0 Å². The van der Waals surface area contributed by atoms with Crippen LogP contribution in [0.3, 0.4) is 0 Å². The summed E-state index contributed by atoms with van der Waals surface area (Å²) >= 11 is 0. The van der Waals surface area contributed by atoms with Gasteiger partial charge in [0.2, 0.25) is 0 Å². The van der Waals surface area contributed by atoms with Crippen molar-refractivity contribution in [3.8, 4) is 6.07 Å². The van der Waals surface area contributed by atoms with E-state index >= 15 is 0 Å². The standard InChI is InChI=1S/C11H19NO/c1-8(2)6-9-10(13)4-5-11(9,3)7-12/h8-10,13H,4-6H2,1-3H3. The van der Waals surface area contributed by atoms with Gasteiger partial charge in [-0.1, -0.05) is 13.8 Å². The number of rotatable bonds is 2. The SMILES string of the molecule is CC(C)CC1C(O)CCC1(C)C#N. The summed E-state index contributed by atoms with van der Waals surface area (Å²) in [5.74, 6) is 0.739. The Morgan fingerprint density at radius 2 is 2.23 bits per heavy atom. The number of nitrogens with zero attached hydrogens (tertiary/aromatic N) is 1. The Bertz CT molecular complexity index is 219. The molecule has 1 fully saturated rings. The minimum absolute atomic E-state index is 0.178. The van der Waals surface area contributed by atoms with Gasteiger partial charge >= 0.3 is 0 Å². The molecule has 0 radical (unpaired) electrons. The number of aliphatic hydroxyl groups is 1. The molecular formula is C11H19NO. The predicted molar refractivity (Wildman–Crippen MR) is 51.9 cm³/mol. The third-order valence-corrected chi connectivity index (χ3v) is 3.22. The van der Waals surface area contributed by atoms with Crippen molar-refractivity contribution in [1.29, 1.82) is 5.26 Å². The molecule has 1 aliphatic carbocycles. The van der Waals surface area contributed by atoms with Crippen LogP contribution in [0.1, 0.15) is 40.0 Å². The van der Waals surface area contributed by atoms with Gasteiger partial charge in [-0.2, -0.15) is 5.26 Å². The number of hydrogen-bond acceptors (Lipinski definition) is 2. The van der Waals surface area contributed by atoms with E-state index < -0.39 is 0 Å². The number of nitriles is 1. The van der Waals surface area contributed by atoms with Crippen molar-refractivity contribution in [3.63, 3.8) is 0 Å². The molecule has 1 aliphatic rings. The Balaban J connectivity index is 2.73. The van der Waals surface area contributed by atoms with Crippen LogP contribution in [0.15, 0.2) is 0 Å². The summed E-state index contributed by atoms with van der Waals surface area (Å²) in [5.41, 5.74) is -0.288. The first kappa shape index (κ1) is 10.5. The lowest BCUT2D eigenvalue weighted by Crippen LogP contribution is -2.27. The zero-order valence-electron chi connectivity index (χ0n) is 8.75. The van der Waals surface area contributed by atoms with Crippen LogP contribution in [0.5, 0.6) is 0 Å². The molecule has 0 aromatic heterocycles. The molecule has 0 saturated heterocycles. The van der Waals surface area contributed by atoms with E-state index in [0.29, 0.717) is 5.92 Å². The highest BCUT2D eigenvalue weighted by molar-refractivity contribution is 5.06. The summed E-state index contributed by atoms with van der Waals surface area (Å²) < 4.78 is 0. The molecule has 0 aliphatic heterocycles. The monoisotopic (exact) mass is 181 g/mol. The molecule has 13 heavy (non-hydrogen) atoms. The molecule has 0 aromatic carbocycles. The molecule has 0 aromatic rings. The third-order valence-electron chi connectivity index (χ3n) is 3.22. The summed E-state index contributed by atoms with van der Waals surface area (Å²) in [7, 11) is 0. The smallest absolute Gasteiger partial charge is 0.0690 e. The van der Waals surface area contributed by atoms with E-state index in [0.717, 1.165) is 19.3 Å². The van der Waals surface area contributed by atoms with Gasteiger partial charge in [0, 0.05) is 5.92 Å². The van der Waals surface area contributed by atoms with E-state index in [1.165, 1.54) is 0 Å². The van der Waals surface area contributed by atoms with E-state index in [2.05, 4.69) is 19.9 Å². The number of aliphatic hydroxyl groups excluding tert-OH is 1. The van der Waals surface area contributed by atoms with Gasteiger partial charge in [-0.3, -0.25) is 0 Å². The maximum atomic E-state index is 9.75. The average molecular weight is 181 g/mol. The van der Waals surface area contributed by atoms with Crippen LogP contribution >= 0.6 is 0 Å². The Morgan fingerprint density at radius 3 is 2.69 bits per heavy atom. The van der Waals surface area contributed by atoms with Crippen molar-refractivity contribution in [2.75, 3.05) is 0 Å². The lowest BCUT2D eigenvalue weighted by atomic mass is 9.76. The van der Waals surface area contributed by atoms with Gasteiger partial charge in [0.1, 0.15) is 0 Å². The van der Waals surface area contributed by atoms with Gasteiger partial charge in [-0.15, -0.1) is 0 Å².